The Hall–Kier alpha value is -3.44. The summed E-state index contributed by atoms with van der Waals surface area (Å²) in [5.74, 6) is -1.13. The SMILES string of the molecule is CS(=O)(=O)Nc1ccccc1N(C=O)Cc1cc(C(=O)O)n(-c2ncccc2Cl)n1. The number of sulfonamides is 1. The lowest BCUT2D eigenvalue weighted by Crippen LogP contribution is -2.23. The largest absolute Gasteiger partial charge is 0.477 e. The predicted molar refractivity (Wildman–Crippen MR) is 110 cm³/mol. The smallest absolute Gasteiger partial charge is 0.354 e. The van der Waals surface area contributed by atoms with Gasteiger partial charge in [0.15, 0.2) is 11.5 Å². The molecule has 0 spiro atoms. The van der Waals surface area contributed by atoms with E-state index in [1.54, 1.807) is 30.3 Å². The lowest BCUT2D eigenvalue weighted by molar-refractivity contribution is -0.107. The number of carbonyl (C=O) groups is 2. The maximum Gasteiger partial charge on any atom is 0.354 e. The number of nitrogens with zero attached hydrogens (tertiary/aromatic N) is 4. The number of aromatic carboxylic acids is 1. The molecule has 156 valence electrons. The van der Waals surface area contributed by atoms with Crippen LogP contribution in [0.2, 0.25) is 5.02 Å². The number of benzene rings is 1. The summed E-state index contributed by atoms with van der Waals surface area (Å²) in [5.41, 5.74) is 0.507. The zero-order chi connectivity index (χ0) is 21.9. The number of halogens is 1. The van der Waals surface area contributed by atoms with Crippen LogP contribution in [-0.2, 0) is 21.4 Å². The second-order valence-electron chi connectivity index (χ2n) is 6.17. The molecule has 30 heavy (non-hydrogen) atoms. The molecule has 0 aliphatic rings. The summed E-state index contributed by atoms with van der Waals surface area (Å²) in [5, 5.41) is 13.9. The highest BCUT2D eigenvalue weighted by atomic mass is 35.5. The Balaban J connectivity index is 2.00. The number of rotatable bonds is 8. The first-order valence-corrected chi connectivity index (χ1v) is 10.7. The Kier molecular flexibility index (Phi) is 6.04. The van der Waals surface area contributed by atoms with E-state index in [2.05, 4.69) is 14.8 Å². The van der Waals surface area contributed by atoms with Crippen LogP contribution in [0.4, 0.5) is 11.4 Å². The normalized spacial score (nSPS) is 11.1. The average Bonchev–Trinajstić information content (AvgIpc) is 3.10. The van der Waals surface area contributed by atoms with Crippen molar-refractivity contribution in [3.63, 3.8) is 0 Å². The van der Waals surface area contributed by atoms with Gasteiger partial charge in [0.05, 0.1) is 34.9 Å². The van der Waals surface area contributed by atoms with E-state index in [4.69, 9.17) is 11.6 Å². The Morgan fingerprint density at radius 1 is 1.30 bits per heavy atom. The molecule has 0 saturated carbocycles. The molecule has 1 aromatic carbocycles. The molecule has 2 heterocycles. The molecule has 0 aliphatic carbocycles. The van der Waals surface area contributed by atoms with Gasteiger partial charge in [-0.3, -0.25) is 9.52 Å². The molecule has 0 bridgehead atoms. The van der Waals surface area contributed by atoms with Crippen LogP contribution in [0.25, 0.3) is 5.82 Å². The topological polar surface area (TPSA) is 134 Å². The number of para-hydroxylation sites is 2. The second-order valence-corrected chi connectivity index (χ2v) is 8.33. The van der Waals surface area contributed by atoms with Crippen LogP contribution in [0.3, 0.4) is 0 Å². The molecular formula is C18H16ClN5O5S. The number of carboxylic acids is 1. The number of hydrogen-bond donors (Lipinski definition) is 2. The standard InChI is InChI=1S/C18H16ClN5O5S/c1-30(28,29)22-14-6-2-3-7-15(14)23(11-25)10-12-9-16(18(26)27)24(21-12)17-13(19)5-4-8-20-17/h2-9,11,22H,10H2,1H3,(H,26,27). The molecule has 1 amide bonds. The van der Waals surface area contributed by atoms with E-state index in [1.807, 2.05) is 0 Å². The van der Waals surface area contributed by atoms with E-state index >= 15 is 0 Å². The molecule has 2 aromatic heterocycles. The molecule has 2 N–H and O–H groups in total. The van der Waals surface area contributed by atoms with E-state index in [-0.39, 0.29) is 40.1 Å². The monoisotopic (exact) mass is 449 g/mol. The third-order valence-electron chi connectivity index (χ3n) is 3.89. The number of aromatic nitrogens is 3. The van der Waals surface area contributed by atoms with E-state index < -0.39 is 16.0 Å². The molecule has 3 aromatic rings. The molecular weight excluding hydrogens is 434 g/mol. The molecule has 0 unspecified atom stereocenters. The number of amides is 1. The Labute approximate surface area is 176 Å². The van der Waals surface area contributed by atoms with Crippen LogP contribution < -0.4 is 9.62 Å². The predicted octanol–water partition coefficient (Wildman–Crippen LogP) is 2.15. The van der Waals surface area contributed by atoms with E-state index in [9.17, 15) is 23.1 Å². The minimum absolute atomic E-state index is 0.121. The summed E-state index contributed by atoms with van der Waals surface area (Å²) in [6.45, 7) is -0.121. The van der Waals surface area contributed by atoms with E-state index in [0.29, 0.717) is 6.41 Å². The fourth-order valence-corrected chi connectivity index (χ4v) is 3.49. The highest BCUT2D eigenvalue weighted by Crippen LogP contribution is 2.27. The van der Waals surface area contributed by atoms with E-state index in [0.717, 1.165) is 10.9 Å². The number of pyridine rings is 1. The Morgan fingerprint density at radius 3 is 2.67 bits per heavy atom. The van der Waals surface area contributed by atoms with Crippen molar-refractivity contribution in [3.05, 3.63) is 65.1 Å². The van der Waals surface area contributed by atoms with Crippen molar-refractivity contribution in [3.8, 4) is 5.82 Å². The van der Waals surface area contributed by atoms with Gasteiger partial charge in [-0.15, -0.1) is 0 Å². The molecule has 0 aliphatic heterocycles. The first-order valence-electron chi connectivity index (χ1n) is 8.41. The molecule has 12 heteroatoms. The van der Waals surface area contributed by atoms with Crippen LogP contribution in [0.15, 0.2) is 48.7 Å². The highest BCUT2D eigenvalue weighted by molar-refractivity contribution is 7.92. The number of hydrogen-bond acceptors (Lipinski definition) is 6. The van der Waals surface area contributed by atoms with Crippen molar-refractivity contribution in [1.29, 1.82) is 0 Å². The first kappa shape index (κ1) is 21.3. The van der Waals surface area contributed by atoms with Gasteiger partial charge >= 0.3 is 5.97 Å². The van der Waals surface area contributed by atoms with Crippen LogP contribution in [-0.4, -0.2) is 46.9 Å². The van der Waals surface area contributed by atoms with Crippen molar-refractivity contribution in [2.75, 3.05) is 15.9 Å². The van der Waals surface area contributed by atoms with Crippen molar-refractivity contribution in [2.24, 2.45) is 0 Å². The van der Waals surface area contributed by atoms with Gasteiger partial charge in [-0.05, 0) is 30.3 Å². The number of anilines is 2. The maximum absolute atomic E-state index is 11.7. The van der Waals surface area contributed by atoms with Crippen LogP contribution in [0.1, 0.15) is 16.2 Å². The van der Waals surface area contributed by atoms with Gasteiger partial charge in [-0.25, -0.2) is 22.9 Å². The van der Waals surface area contributed by atoms with Gasteiger partial charge in [0, 0.05) is 6.20 Å². The Morgan fingerprint density at radius 2 is 2.03 bits per heavy atom. The van der Waals surface area contributed by atoms with Gasteiger partial charge in [-0.1, -0.05) is 23.7 Å². The number of carbonyl (C=O) groups excluding carboxylic acids is 1. The van der Waals surface area contributed by atoms with Gasteiger partial charge in [0.25, 0.3) is 0 Å². The number of nitrogens with one attached hydrogen (secondary N) is 1. The lowest BCUT2D eigenvalue weighted by Gasteiger charge is -2.20. The van der Waals surface area contributed by atoms with Gasteiger partial charge in [0.2, 0.25) is 16.4 Å². The highest BCUT2D eigenvalue weighted by Gasteiger charge is 2.21. The third kappa shape index (κ3) is 4.75. The molecule has 0 atom stereocenters. The number of carboxylic acid groups (broad SMARTS) is 1. The lowest BCUT2D eigenvalue weighted by atomic mass is 10.2. The molecule has 0 saturated heterocycles. The molecule has 3 rings (SSSR count). The third-order valence-corrected chi connectivity index (χ3v) is 4.77. The van der Waals surface area contributed by atoms with Crippen LogP contribution >= 0.6 is 11.6 Å². The fourth-order valence-electron chi connectivity index (χ4n) is 2.72. The summed E-state index contributed by atoms with van der Waals surface area (Å²) in [6.07, 6.45) is 2.93. The zero-order valence-electron chi connectivity index (χ0n) is 15.6. The van der Waals surface area contributed by atoms with Crippen LogP contribution in [0, 0.1) is 0 Å². The summed E-state index contributed by atoms with van der Waals surface area (Å²) in [7, 11) is -3.58. The maximum atomic E-state index is 11.7. The fraction of sp³-hybridized carbons (Fsp3) is 0.111. The molecule has 0 radical (unpaired) electrons. The zero-order valence-corrected chi connectivity index (χ0v) is 17.1. The van der Waals surface area contributed by atoms with Crippen molar-refractivity contribution < 1.29 is 23.1 Å². The summed E-state index contributed by atoms with van der Waals surface area (Å²) in [6, 6.07) is 10.7. The summed E-state index contributed by atoms with van der Waals surface area (Å²) >= 11 is 6.11. The van der Waals surface area contributed by atoms with Crippen molar-refractivity contribution in [2.45, 2.75) is 6.54 Å². The molecule has 10 nitrogen and oxygen atoms in total. The first-order chi connectivity index (χ1) is 14.2. The quantitative estimate of drug-likeness (QED) is 0.503. The average molecular weight is 450 g/mol. The second kappa shape index (κ2) is 8.51. The van der Waals surface area contributed by atoms with Gasteiger partial charge in [-0.2, -0.15) is 5.10 Å². The minimum atomic E-state index is -3.58. The van der Waals surface area contributed by atoms with Crippen LogP contribution in [0.5, 0.6) is 0 Å². The Bertz CT molecular complexity index is 1210. The van der Waals surface area contributed by atoms with Crippen molar-refractivity contribution in [1.82, 2.24) is 14.8 Å². The summed E-state index contributed by atoms with van der Waals surface area (Å²) in [4.78, 5) is 28.7. The van der Waals surface area contributed by atoms with Gasteiger partial charge in [0.1, 0.15) is 0 Å². The molecule has 0 fully saturated rings. The minimum Gasteiger partial charge on any atom is -0.477 e. The van der Waals surface area contributed by atoms with Crippen molar-refractivity contribution >= 4 is 45.4 Å². The summed E-state index contributed by atoms with van der Waals surface area (Å²) < 4.78 is 26.6. The van der Waals surface area contributed by atoms with E-state index in [1.165, 1.54) is 23.2 Å². The van der Waals surface area contributed by atoms with Gasteiger partial charge < -0.3 is 10.0 Å².